The van der Waals surface area contributed by atoms with Crippen molar-refractivity contribution in [3.8, 4) is 0 Å². The molecule has 4 heteroatoms. The number of hydrogen-bond acceptors (Lipinski definition) is 2. The molecule has 1 rings (SSSR count). The van der Waals surface area contributed by atoms with Gasteiger partial charge in [-0.25, -0.2) is 0 Å². The van der Waals surface area contributed by atoms with Crippen molar-refractivity contribution in [3.63, 3.8) is 0 Å². The lowest BCUT2D eigenvalue weighted by atomic mass is 10.3. The van der Waals surface area contributed by atoms with Crippen LogP contribution in [0.25, 0.3) is 0 Å². The first-order valence-corrected chi connectivity index (χ1v) is 4.59. The van der Waals surface area contributed by atoms with E-state index in [1.54, 1.807) is 12.2 Å². The first-order valence-electron chi connectivity index (χ1n) is 4.59. The third kappa shape index (κ3) is 3.05. The monoisotopic (exact) mass is 194 g/mol. The van der Waals surface area contributed by atoms with E-state index in [2.05, 4.69) is 5.32 Å². The summed E-state index contributed by atoms with van der Waals surface area (Å²) in [5, 5.41) is 2.66. The zero-order valence-electron chi connectivity index (χ0n) is 8.19. The van der Waals surface area contributed by atoms with E-state index >= 15 is 0 Å². The molecule has 0 unspecified atom stereocenters. The van der Waals surface area contributed by atoms with Crippen LogP contribution in [0, 0.1) is 0 Å². The molecule has 0 saturated carbocycles. The van der Waals surface area contributed by atoms with E-state index in [0.717, 1.165) is 0 Å². The Morgan fingerprint density at radius 3 is 2.93 bits per heavy atom. The predicted octanol–water partition coefficient (Wildman–Crippen LogP) is 0.0771. The summed E-state index contributed by atoms with van der Waals surface area (Å²) < 4.78 is 0. The summed E-state index contributed by atoms with van der Waals surface area (Å²) in [5.41, 5.74) is 0. The quantitative estimate of drug-likeness (QED) is 0.500. The van der Waals surface area contributed by atoms with Gasteiger partial charge in [-0.3, -0.25) is 9.59 Å². The third-order valence-corrected chi connectivity index (χ3v) is 1.89. The summed E-state index contributed by atoms with van der Waals surface area (Å²) in [6.45, 7) is 3.18. The van der Waals surface area contributed by atoms with Crippen molar-refractivity contribution in [2.24, 2.45) is 0 Å². The Morgan fingerprint density at radius 1 is 1.50 bits per heavy atom. The molecule has 0 aliphatic carbocycles. The summed E-state index contributed by atoms with van der Waals surface area (Å²) in [5.74, 6) is -0.206. The number of carbonyl (C=O) groups excluding carboxylic acids is 2. The van der Waals surface area contributed by atoms with E-state index < -0.39 is 0 Å². The van der Waals surface area contributed by atoms with E-state index in [0.29, 0.717) is 13.1 Å². The number of nitrogens with one attached hydrogen (secondary N) is 1. The number of nitrogens with zero attached hydrogens (tertiary/aromatic N) is 1. The molecule has 76 valence electrons. The molecule has 2 amide bonds. The molecular weight excluding hydrogens is 180 g/mol. The highest BCUT2D eigenvalue weighted by Crippen LogP contribution is 1.95. The summed E-state index contributed by atoms with van der Waals surface area (Å²) in [6.07, 6.45) is 6.77. The van der Waals surface area contributed by atoms with Crippen molar-refractivity contribution >= 4 is 11.8 Å². The first-order chi connectivity index (χ1) is 6.74. The summed E-state index contributed by atoms with van der Waals surface area (Å²) in [7, 11) is 0. The Balaban J connectivity index is 2.47. The maximum atomic E-state index is 11.4. The topological polar surface area (TPSA) is 49.4 Å². The maximum absolute atomic E-state index is 11.4. The van der Waals surface area contributed by atoms with Gasteiger partial charge in [-0.15, -0.1) is 0 Å². The van der Waals surface area contributed by atoms with Crippen molar-refractivity contribution in [1.82, 2.24) is 10.2 Å². The van der Waals surface area contributed by atoms with Crippen LogP contribution in [0.15, 0.2) is 24.3 Å². The zero-order valence-corrected chi connectivity index (χ0v) is 8.19. The van der Waals surface area contributed by atoms with E-state index in [4.69, 9.17) is 0 Å². The number of hydrogen-bond donors (Lipinski definition) is 1. The molecule has 0 aromatic heterocycles. The van der Waals surface area contributed by atoms with Crippen LogP contribution < -0.4 is 5.32 Å². The van der Waals surface area contributed by atoms with Crippen LogP contribution in [-0.4, -0.2) is 36.3 Å². The fourth-order valence-corrected chi connectivity index (χ4v) is 1.18. The van der Waals surface area contributed by atoms with Gasteiger partial charge in [0.1, 0.15) is 0 Å². The number of carbonyl (C=O) groups is 2. The third-order valence-electron chi connectivity index (χ3n) is 1.89. The van der Waals surface area contributed by atoms with Gasteiger partial charge < -0.3 is 10.2 Å². The van der Waals surface area contributed by atoms with Crippen LogP contribution in [0.2, 0.25) is 0 Å². The Kier molecular flexibility index (Phi) is 3.91. The number of allylic oxidation sites excluding steroid dienone is 3. The van der Waals surface area contributed by atoms with Crippen LogP contribution in [0.1, 0.15) is 6.92 Å². The van der Waals surface area contributed by atoms with Gasteiger partial charge in [0.25, 0.3) is 0 Å². The second kappa shape index (κ2) is 5.21. The Bertz CT molecular complexity index is 282. The SMILES string of the molecule is C/C=C/C=C/C(=O)N1CCNC(=O)C1. The van der Waals surface area contributed by atoms with Gasteiger partial charge in [0.2, 0.25) is 11.8 Å². The molecule has 0 atom stereocenters. The summed E-state index contributed by atoms with van der Waals surface area (Å²) >= 11 is 0. The first kappa shape index (κ1) is 10.5. The molecule has 1 fully saturated rings. The minimum absolute atomic E-state index is 0.0935. The highest BCUT2D eigenvalue weighted by atomic mass is 16.2. The van der Waals surface area contributed by atoms with Crippen molar-refractivity contribution in [2.75, 3.05) is 19.6 Å². The molecule has 0 aromatic rings. The lowest BCUT2D eigenvalue weighted by molar-refractivity contribution is -0.134. The highest BCUT2D eigenvalue weighted by Gasteiger charge is 2.18. The molecule has 4 nitrogen and oxygen atoms in total. The minimum atomic E-state index is -0.113. The molecule has 1 N–H and O–H groups in total. The van der Waals surface area contributed by atoms with Gasteiger partial charge in [0, 0.05) is 19.2 Å². The zero-order chi connectivity index (χ0) is 10.4. The minimum Gasteiger partial charge on any atom is -0.353 e. The van der Waals surface area contributed by atoms with Gasteiger partial charge in [0.05, 0.1) is 6.54 Å². The standard InChI is InChI=1S/C10H14N2O2/c1-2-3-4-5-10(14)12-7-6-11-9(13)8-12/h2-5H,6-8H2,1H3,(H,11,13)/b3-2+,5-4+. The second-order valence-corrected chi connectivity index (χ2v) is 2.99. The molecule has 0 radical (unpaired) electrons. The largest absolute Gasteiger partial charge is 0.353 e. The van der Waals surface area contributed by atoms with E-state index in [1.807, 2.05) is 13.0 Å². The lowest BCUT2D eigenvalue weighted by Gasteiger charge is -2.25. The van der Waals surface area contributed by atoms with E-state index in [-0.39, 0.29) is 18.4 Å². The van der Waals surface area contributed by atoms with E-state index in [9.17, 15) is 9.59 Å². The average molecular weight is 194 g/mol. The van der Waals surface area contributed by atoms with E-state index in [1.165, 1.54) is 11.0 Å². The van der Waals surface area contributed by atoms with Crippen LogP contribution in [0.3, 0.4) is 0 Å². The number of rotatable bonds is 2. The molecule has 0 aromatic carbocycles. The molecule has 1 saturated heterocycles. The van der Waals surface area contributed by atoms with Crippen molar-refractivity contribution in [3.05, 3.63) is 24.3 Å². The van der Waals surface area contributed by atoms with Gasteiger partial charge in [-0.05, 0) is 6.92 Å². The van der Waals surface area contributed by atoms with Gasteiger partial charge in [-0.2, -0.15) is 0 Å². The Morgan fingerprint density at radius 2 is 2.29 bits per heavy atom. The van der Waals surface area contributed by atoms with Crippen LogP contribution in [-0.2, 0) is 9.59 Å². The second-order valence-electron chi connectivity index (χ2n) is 2.99. The highest BCUT2D eigenvalue weighted by molar-refractivity contribution is 5.92. The van der Waals surface area contributed by atoms with Crippen LogP contribution in [0.5, 0.6) is 0 Å². The Hall–Kier alpha value is -1.58. The van der Waals surface area contributed by atoms with Crippen molar-refractivity contribution in [1.29, 1.82) is 0 Å². The average Bonchev–Trinajstić information content (AvgIpc) is 2.18. The van der Waals surface area contributed by atoms with Crippen molar-refractivity contribution in [2.45, 2.75) is 6.92 Å². The molecule has 0 bridgehead atoms. The van der Waals surface area contributed by atoms with Gasteiger partial charge in [-0.1, -0.05) is 18.2 Å². The molecule has 1 aliphatic heterocycles. The van der Waals surface area contributed by atoms with Crippen LogP contribution >= 0.6 is 0 Å². The van der Waals surface area contributed by atoms with Crippen molar-refractivity contribution < 1.29 is 9.59 Å². The molecule has 1 aliphatic rings. The molecular formula is C10H14N2O2. The maximum Gasteiger partial charge on any atom is 0.247 e. The Labute approximate surface area is 83.3 Å². The van der Waals surface area contributed by atoms with Gasteiger partial charge in [0.15, 0.2) is 0 Å². The number of piperazine rings is 1. The summed E-state index contributed by atoms with van der Waals surface area (Å²) in [6, 6.07) is 0. The molecule has 0 spiro atoms. The fourth-order valence-electron chi connectivity index (χ4n) is 1.18. The summed E-state index contributed by atoms with van der Waals surface area (Å²) in [4.78, 5) is 23.9. The molecule has 1 heterocycles. The smallest absolute Gasteiger partial charge is 0.247 e. The normalized spacial score (nSPS) is 17.8. The lowest BCUT2D eigenvalue weighted by Crippen LogP contribution is -2.49. The van der Waals surface area contributed by atoms with Crippen LogP contribution in [0.4, 0.5) is 0 Å². The predicted molar refractivity (Wildman–Crippen MR) is 53.5 cm³/mol. The number of amides is 2. The molecule has 14 heavy (non-hydrogen) atoms. The van der Waals surface area contributed by atoms with Gasteiger partial charge >= 0.3 is 0 Å². The fraction of sp³-hybridized carbons (Fsp3) is 0.400.